The van der Waals surface area contributed by atoms with Gasteiger partial charge >= 0.3 is 0 Å². The molecule has 2 aromatic rings. The summed E-state index contributed by atoms with van der Waals surface area (Å²) in [7, 11) is 0. The maximum atomic E-state index is 12.0. The molecule has 0 radical (unpaired) electrons. The molecular weight excluding hydrogens is 324 g/mol. The van der Waals surface area contributed by atoms with Crippen LogP contribution in [0.4, 0.5) is 5.69 Å². The summed E-state index contributed by atoms with van der Waals surface area (Å²) in [6, 6.07) is 10.5. The molecule has 2 heterocycles. The fourth-order valence-electron chi connectivity index (χ4n) is 3.81. The fraction of sp³-hybridized carbons (Fsp3) is 0.524. The van der Waals surface area contributed by atoms with Gasteiger partial charge in [-0.15, -0.1) is 0 Å². The van der Waals surface area contributed by atoms with Gasteiger partial charge in [0.15, 0.2) is 0 Å². The second kappa shape index (κ2) is 8.49. The minimum atomic E-state index is -0.166. The number of benzene rings is 1. The number of anilines is 1. The summed E-state index contributed by atoms with van der Waals surface area (Å²) in [5.41, 5.74) is 2.62. The van der Waals surface area contributed by atoms with E-state index in [2.05, 4.69) is 53.3 Å². The van der Waals surface area contributed by atoms with Crippen LogP contribution in [0.5, 0.6) is 0 Å². The number of piperidine rings is 1. The predicted molar refractivity (Wildman–Crippen MR) is 105 cm³/mol. The van der Waals surface area contributed by atoms with E-state index in [-0.39, 0.29) is 5.91 Å². The number of rotatable bonds is 6. The number of aromatic amines is 1. The van der Waals surface area contributed by atoms with E-state index in [0.717, 1.165) is 23.9 Å². The number of aromatic nitrogens is 2. The maximum absolute atomic E-state index is 12.0. The first-order chi connectivity index (χ1) is 12.5. The normalized spacial score (nSPS) is 21.1. The molecule has 0 saturated carbocycles. The summed E-state index contributed by atoms with van der Waals surface area (Å²) >= 11 is 0. The van der Waals surface area contributed by atoms with Crippen LogP contribution in [-0.2, 0) is 6.42 Å². The monoisotopic (exact) mass is 354 g/mol. The molecule has 1 aromatic heterocycles. The largest absolute Gasteiger partial charge is 0.321 e. The van der Waals surface area contributed by atoms with Gasteiger partial charge in [0, 0.05) is 24.5 Å². The van der Waals surface area contributed by atoms with Crippen molar-refractivity contribution in [2.75, 3.05) is 18.4 Å². The van der Waals surface area contributed by atoms with Crippen molar-refractivity contribution in [3.8, 4) is 0 Å². The van der Waals surface area contributed by atoms with Crippen molar-refractivity contribution in [1.82, 2.24) is 15.1 Å². The van der Waals surface area contributed by atoms with Crippen LogP contribution in [0.1, 0.15) is 49.7 Å². The van der Waals surface area contributed by atoms with Gasteiger partial charge in [0.1, 0.15) is 5.69 Å². The van der Waals surface area contributed by atoms with Gasteiger partial charge in [0.25, 0.3) is 5.91 Å². The Morgan fingerprint density at radius 2 is 2.08 bits per heavy atom. The van der Waals surface area contributed by atoms with Crippen molar-refractivity contribution < 1.29 is 4.79 Å². The minimum Gasteiger partial charge on any atom is -0.321 e. The van der Waals surface area contributed by atoms with Crippen molar-refractivity contribution in [1.29, 1.82) is 0 Å². The molecule has 0 spiro atoms. The Morgan fingerprint density at radius 3 is 2.69 bits per heavy atom. The number of likely N-dealkylation sites (tertiary alicyclic amines) is 1. The molecule has 1 saturated heterocycles. The quantitative estimate of drug-likeness (QED) is 0.825. The van der Waals surface area contributed by atoms with Gasteiger partial charge in [0.2, 0.25) is 0 Å². The van der Waals surface area contributed by atoms with Crippen LogP contribution in [0, 0.1) is 11.8 Å². The van der Waals surface area contributed by atoms with Crippen LogP contribution in [0.2, 0.25) is 0 Å². The zero-order chi connectivity index (χ0) is 18.5. The Kier molecular flexibility index (Phi) is 6.09. The standard InChI is InChI=1S/C21H30N4O/c1-15(2)25-13-11-18(16(3)14-25)7-4-17-5-8-19(9-6-17)23-21(26)20-10-12-22-24-20/h5-6,8-10,12,15-16,18H,4,7,11,13-14H2,1-3H3,(H,22,24)(H,23,26). The Hall–Kier alpha value is -2.14. The smallest absolute Gasteiger partial charge is 0.273 e. The summed E-state index contributed by atoms with van der Waals surface area (Å²) in [6.07, 6.45) is 5.22. The molecule has 1 amide bonds. The Balaban J connectivity index is 1.48. The predicted octanol–water partition coefficient (Wildman–Crippen LogP) is 3.96. The number of H-pyrrole nitrogens is 1. The summed E-state index contributed by atoms with van der Waals surface area (Å²) in [4.78, 5) is 14.6. The molecule has 2 unspecified atom stereocenters. The van der Waals surface area contributed by atoms with Crippen LogP contribution in [0.3, 0.4) is 0 Å². The third-order valence-corrected chi connectivity index (χ3v) is 5.61. The van der Waals surface area contributed by atoms with Crippen LogP contribution in [0.15, 0.2) is 36.5 Å². The topological polar surface area (TPSA) is 61.0 Å². The molecule has 2 atom stereocenters. The summed E-state index contributed by atoms with van der Waals surface area (Å²) in [6.45, 7) is 9.43. The Labute approximate surface area is 156 Å². The number of amides is 1. The first-order valence-electron chi connectivity index (χ1n) is 9.66. The van der Waals surface area contributed by atoms with Gasteiger partial charge in [-0.05, 0) is 75.3 Å². The molecule has 26 heavy (non-hydrogen) atoms. The minimum absolute atomic E-state index is 0.166. The highest BCUT2D eigenvalue weighted by Crippen LogP contribution is 2.28. The molecule has 1 aromatic carbocycles. The first kappa shape index (κ1) is 18.6. The summed E-state index contributed by atoms with van der Waals surface area (Å²) in [5, 5.41) is 9.36. The van der Waals surface area contributed by atoms with Crippen LogP contribution in [-0.4, -0.2) is 40.1 Å². The lowest BCUT2D eigenvalue weighted by Crippen LogP contribution is -2.43. The van der Waals surface area contributed by atoms with Crippen LogP contribution in [0.25, 0.3) is 0 Å². The number of carbonyl (C=O) groups is 1. The number of aryl methyl sites for hydroxylation is 1. The van der Waals surface area contributed by atoms with Crippen molar-refractivity contribution in [2.24, 2.45) is 11.8 Å². The molecule has 0 aliphatic carbocycles. The van der Waals surface area contributed by atoms with Crippen LogP contribution >= 0.6 is 0 Å². The molecule has 1 aliphatic heterocycles. The molecule has 2 N–H and O–H groups in total. The van der Waals surface area contributed by atoms with E-state index in [9.17, 15) is 4.79 Å². The van der Waals surface area contributed by atoms with E-state index in [0.29, 0.717) is 11.7 Å². The van der Waals surface area contributed by atoms with E-state index in [1.54, 1.807) is 12.3 Å². The van der Waals surface area contributed by atoms with Gasteiger partial charge in [-0.25, -0.2) is 0 Å². The van der Waals surface area contributed by atoms with E-state index in [4.69, 9.17) is 0 Å². The molecular formula is C21H30N4O. The van der Waals surface area contributed by atoms with Crippen molar-refractivity contribution in [3.05, 3.63) is 47.8 Å². The van der Waals surface area contributed by atoms with Crippen molar-refractivity contribution in [3.63, 3.8) is 0 Å². The number of hydrogen-bond donors (Lipinski definition) is 2. The lowest BCUT2D eigenvalue weighted by Gasteiger charge is -2.39. The first-order valence-corrected chi connectivity index (χ1v) is 9.66. The second-order valence-corrected chi connectivity index (χ2v) is 7.77. The molecule has 140 valence electrons. The lowest BCUT2D eigenvalue weighted by molar-refractivity contribution is 0.0981. The maximum Gasteiger partial charge on any atom is 0.273 e. The second-order valence-electron chi connectivity index (χ2n) is 7.77. The van der Waals surface area contributed by atoms with Gasteiger partial charge in [-0.3, -0.25) is 9.89 Å². The molecule has 3 rings (SSSR count). The summed E-state index contributed by atoms with van der Waals surface area (Å²) < 4.78 is 0. The van der Waals surface area contributed by atoms with Crippen LogP contribution < -0.4 is 5.32 Å². The Morgan fingerprint density at radius 1 is 1.31 bits per heavy atom. The van der Waals surface area contributed by atoms with Gasteiger partial charge in [0.05, 0.1) is 0 Å². The van der Waals surface area contributed by atoms with E-state index >= 15 is 0 Å². The van der Waals surface area contributed by atoms with E-state index in [1.807, 2.05) is 12.1 Å². The lowest BCUT2D eigenvalue weighted by atomic mass is 9.82. The fourth-order valence-corrected chi connectivity index (χ4v) is 3.81. The highest BCUT2D eigenvalue weighted by atomic mass is 16.1. The molecule has 0 bridgehead atoms. The van der Waals surface area contributed by atoms with Gasteiger partial charge in [-0.2, -0.15) is 5.10 Å². The zero-order valence-electron chi connectivity index (χ0n) is 16.0. The highest BCUT2D eigenvalue weighted by Gasteiger charge is 2.26. The molecule has 1 fully saturated rings. The number of carbonyl (C=O) groups excluding carboxylic acids is 1. The van der Waals surface area contributed by atoms with Gasteiger partial charge < -0.3 is 10.2 Å². The highest BCUT2D eigenvalue weighted by molar-refractivity contribution is 6.02. The third kappa shape index (κ3) is 4.73. The summed E-state index contributed by atoms with van der Waals surface area (Å²) in [5.74, 6) is 1.41. The van der Waals surface area contributed by atoms with E-state index in [1.165, 1.54) is 31.5 Å². The SMILES string of the molecule is CC1CN(C(C)C)CCC1CCc1ccc(NC(=O)c2ccn[nH]2)cc1. The van der Waals surface area contributed by atoms with Crippen molar-refractivity contribution >= 4 is 11.6 Å². The van der Waals surface area contributed by atoms with E-state index < -0.39 is 0 Å². The van der Waals surface area contributed by atoms with Gasteiger partial charge in [-0.1, -0.05) is 19.1 Å². The number of nitrogens with one attached hydrogen (secondary N) is 2. The number of nitrogens with zero attached hydrogens (tertiary/aromatic N) is 2. The molecule has 5 nitrogen and oxygen atoms in total. The average molecular weight is 354 g/mol. The molecule has 1 aliphatic rings. The van der Waals surface area contributed by atoms with Crippen molar-refractivity contribution in [2.45, 2.75) is 46.1 Å². The average Bonchev–Trinajstić information content (AvgIpc) is 3.16. The zero-order valence-corrected chi connectivity index (χ0v) is 16.0. The third-order valence-electron chi connectivity index (χ3n) is 5.61. The Bertz CT molecular complexity index is 693. The number of hydrogen-bond acceptors (Lipinski definition) is 3. The molecule has 5 heteroatoms.